The third kappa shape index (κ3) is 2.84. The normalized spacial score (nSPS) is 16.8. The topological polar surface area (TPSA) is 38.3 Å². The number of fused-ring (bicyclic) bond motifs is 1. The first-order valence-corrected chi connectivity index (χ1v) is 6.22. The molecular weight excluding hydrogens is 226 g/mol. The molecule has 1 aromatic carbocycles. The van der Waals surface area contributed by atoms with E-state index in [2.05, 4.69) is 17.2 Å². The molecule has 2 rings (SSSR count). The van der Waals surface area contributed by atoms with Crippen molar-refractivity contribution in [3.8, 4) is 17.6 Å². The van der Waals surface area contributed by atoms with Crippen molar-refractivity contribution in [2.75, 3.05) is 13.2 Å². The predicted molar refractivity (Wildman–Crippen MR) is 70.4 cm³/mol. The molecule has 1 heterocycles. The summed E-state index contributed by atoms with van der Waals surface area (Å²) in [4.78, 5) is 12.1. The van der Waals surface area contributed by atoms with Crippen LogP contribution >= 0.6 is 0 Å². The highest BCUT2D eigenvalue weighted by Gasteiger charge is 2.26. The Bertz CT molecular complexity index is 485. The molecule has 1 aromatic rings. The van der Waals surface area contributed by atoms with Gasteiger partial charge in [0.05, 0.1) is 12.5 Å². The second kappa shape index (κ2) is 6.11. The number of para-hydroxylation sites is 1. The lowest BCUT2D eigenvalue weighted by molar-refractivity contribution is -0.123. The first kappa shape index (κ1) is 12.5. The van der Waals surface area contributed by atoms with Gasteiger partial charge in [0.15, 0.2) is 0 Å². The minimum absolute atomic E-state index is 0.0728. The second-order valence-electron chi connectivity index (χ2n) is 4.20. The highest BCUT2D eigenvalue weighted by atomic mass is 16.5. The van der Waals surface area contributed by atoms with E-state index in [4.69, 9.17) is 4.74 Å². The van der Waals surface area contributed by atoms with Gasteiger partial charge in [-0.15, -0.1) is 11.8 Å². The second-order valence-corrected chi connectivity index (χ2v) is 4.20. The van der Waals surface area contributed by atoms with E-state index >= 15 is 0 Å². The van der Waals surface area contributed by atoms with Crippen molar-refractivity contribution in [1.29, 1.82) is 0 Å². The zero-order valence-corrected chi connectivity index (χ0v) is 10.5. The fourth-order valence-corrected chi connectivity index (χ4v) is 2.11. The largest absolute Gasteiger partial charge is 0.493 e. The van der Waals surface area contributed by atoms with E-state index in [0.717, 1.165) is 17.7 Å². The molecule has 1 atom stereocenters. The number of carbonyl (C=O) groups excluding carboxylic acids is 1. The zero-order chi connectivity index (χ0) is 12.8. The maximum atomic E-state index is 12.1. The van der Waals surface area contributed by atoms with Gasteiger partial charge < -0.3 is 10.1 Å². The van der Waals surface area contributed by atoms with Crippen LogP contribution in [-0.4, -0.2) is 19.1 Å². The van der Waals surface area contributed by atoms with Crippen LogP contribution in [0.2, 0.25) is 0 Å². The summed E-state index contributed by atoms with van der Waals surface area (Å²) < 4.78 is 5.54. The van der Waals surface area contributed by atoms with Crippen molar-refractivity contribution in [2.45, 2.75) is 25.7 Å². The van der Waals surface area contributed by atoms with Crippen molar-refractivity contribution in [3.63, 3.8) is 0 Å². The van der Waals surface area contributed by atoms with E-state index in [-0.39, 0.29) is 11.8 Å². The van der Waals surface area contributed by atoms with E-state index in [1.807, 2.05) is 24.3 Å². The van der Waals surface area contributed by atoms with E-state index in [0.29, 0.717) is 19.6 Å². The number of amides is 1. The van der Waals surface area contributed by atoms with Crippen LogP contribution in [-0.2, 0) is 4.79 Å². The molecule has 3 heteroatoms. The summed E-state index contributed by atoms with van der Waals surface area (Å²) >= 11 is 0. The van der Waals surface area contributed by atoms with Crippen molar-refractivity contribution in [3.05, 3.63) is 29.8 Å². The van der Waals surface area contributed by atoms with Gasteiger partial charge >= 0.3 is 0 Å². The van der Waals surface area contributed by atoms with Crippen LogP contribution in [0, 0.1) is 11.8 Å². The smallest absolute Gasteiger partial charge is 0.227 e. The lowest BCUT2D eigenvalue weighted by Crippen LogP contribution is -2.32. The minimum Gasteiger partial charge on any atom is -0.493 e. The predicted octanol–water partition coefficient (Wildman–Crippen LogP) is 2.08. The van der Waals surface area contributed by atoms with Gasteiger partial charge in [-0.3, -0.25) is 4.79 Å². The van der Waals surface area contributed by atoms with Gasteiger partial charge in [0.1, 0.15) is 5.75 Å². The molecule has 1 aliphatic rings. The molecule has 18 heavy (non-hydrogen) atoms. The number of hydrogen-bond acceptors (Lipinski definition) is 2. The minimum atomic E-state index is -0.0930. The van der Waals surface area contributed by atoms with Gasteiger partial charge in [-0.1, -0.05) is 18.2 Å². The molecule has 1 aliphatic heterocycles. The highest BCUT2D eigenvalue weighted by molar-refractivity contribution is 5.84. The quantitative estimate of drug-likeness (QED) is 0.652. The van der Waals surface area contributed by atoms with Crippen molar-refractivity contribution in [2.24, 2.45) is 0 Å². The summed E-state index contributed by atoms with van der Waals surface area (Å²) in [6.45, 7) is 3.01. The van der Waals surface area contributed by atoms with E-state index in [1.165, 1.54) is 0 Å². The third-order valence-electron chi connectivity index (χ3n) is 3.00. The Kier molecular flexibility index (Phi) is 4.25. The lowest BCUT2D eigenvalue weighted by atomic mass is 9.92. The molecule has 0 spiro atoms. The molecule has 1 amide bonds. The molecule has 3 nitrogen and oxygen atoms in total. The average molecular weight is 243 g/mol. The monoisotopic (exact) mass is 243 g/mol. The number of ether oxygens (including phenoxy) is 1. The molecule has 94 valence electrons. The van der Waals surface area contributed by atoms with Crippen LogP contribution in [0.5, 0.6) is 5.75 Å². The summed E-state index contributed by atoms with van der Waals surface area (Å²) in [6.07, 6.45) is 1.44. The highest BCUT2D eigenvalue weighted by Crippen LogP contribution is 2.33. The molecule has 0 aromatic heterocycles. The Balaban J connectivity index is 2.00. The van der Waals surface area contributed by atoms with Crippen molar-refractivity contribution >= 4 is 5.91 Å². The van der Waals surface area contributed by atoms with Gasteiger partial charge in [0.25, 0.3) is 0 Å². The molecule has 0 aliphatic carbocycles. The van der Waals surface area contributed by atoms with Crippen LogP contribution in [0.15, 0.2) is 24.3 Å². The molecule has 0 fully saturated rings. The van der Waals surface area contributed by atoms with Gasteiger partial charge in [0.2, 0.25) is 5.91 Å². The van der Waals surface area contributed by atoms with Crippen LogP contribution in [0.4, 0.5) is 0 Å². The van der Waals surface area contributed by atoms with E-state index < -0.39 is 0 Å². The number of carbonyl (C=O) groups is 1. The summed E-state index contributed by atoms with van der Waals surface area (Å²) in [7, 11) is 0. The first-order chi connectivity index (χ1) is 8.83. The average Bonchev–Trinajstić information content (AvgIpc) is 2.43. The molecule has 1 unspecified atom stereocenters. The van der Waals surface area contributed by atoms with E-state index in [9.17, 15) is 4.79 Å². The number of rotatable bonds is 3. The van der Waals surface area contributed by atoms with Crippen LogP contribution in [0.25, 0.3) is 0 Å². The fraction of sp³-hybridized carbons (Fsp3) is 0.400. The number of benzene rings is 1. The summed E-state index contributed by atoms with van der Waals surface area (Å²) in [5.74, 6) is 6.56. The Morgan fingerprint density at radius 1 is 1.50 bits per heavy atom. The molecule has 0 saturated heterocycles. The molecular formula is C15H17NO2. The maximum absolute atomic E-state index is 12.1. The summed E-state index contributed by atoms with van der Waals surface area (Å²) in [6, 6.07) is 7.74. The van der Waals surface area contributed by atoms with Crippen LogP contribution < -0.4 is 10.1 Å². The van der Waals surface area contributed by atoms with Gasteiger partial charge in [-0.25, -0.2) is 0 Å². The Morgan fingerprint density at radius 2 is 2.33 bits per heavy atom. The first-order valence-electron chi connectivity index (χ1n) is 6.22. The summed E-state index contributed by atoms with van der Waals surface area (Å²) in [5, 5.41) is 2.93. The van der Waals surface area contributed by atoms with Crippen LogP contribution in [0.3, 0.4) is 0 Å². The van der Waals surface area contributed by atoms with Crippen molar-refractivity contribution in [1.82, 2.24) is 5.32 Å². The third-order valence-corrected chi connectivity index (χ3v) is 3.00. The molecule has 1 N–H and O–H groups in total. The zero-order valence-electron chi connectivity index (χ0n) is 10.5. The van der Waals surface area contributed by atoms with Gasteiger partial charge in [0, 0.05) is 18.5 Å². The van der Waals surface area contributed by atoms with Crippen molar-refractivity contribution < 1.29 is 9.53 Å². The Hall–Kier alpha value is -1.95. The van der Waals surface area contributed by atoms with Gasteiger partial charge in [-0.2, -0.15) is 0 Å². The lowest BCUT2D eigenvalue weighted by Gasteiger charge is -2.24. The Labute approximate surface area is 108 Å². The number of nitrogens with one attached hydrogen (secondary N) is 1. The van der Waals surface area contributed by atoms with E-state index in [1.54, 1.807) is 6.92 Å². The molecule has 0 saturated carbocycles. The standard InChI is InChI=1S/C15H17NO2/c1-2-3-6-10-16-15(17)13-9-11-18-14-8-5-4-7-12(13)14/h4-5,7-8,13H,6,9-11H2,1H3,(H,16,17). The molecule has 0 radical (unpaired) electrons. The summed E-state index contributed by atoms with van der Waals surface area (Å²) in [5.41, 5.74) is 0.989. The SMILES string of the molecule is CC#CCCNC(=O)C1CCOc2ccccc21. The van der Waals surface area contributed by atoms with Gasteiger partial charge in [-0.05, 0) is 19.4 Å². The fourth-order valence-electron chi connectivity index (χ4n) is 2.11. The number of hydrogen-bond donors (Lipinski definition) is 1. The maximum Gasteiger partial charge on any atom is 0.227 e. The Morgan fingerprint density at radius 3 is 3.17 bits per heavy atom. The van der Waals surface area contributed by atoms with Crippen LogP contribution in [0.1, 0.15) is 31.2 Å². The molecule has 0 bridgehead atoms.